The molecule has 0 aliphatic rings. The van der Waals surface area contributed by atoms with Crippen LogP contribution in [0.1, 0.15) is 32.6 Å². The molecule has 1 aromatic heterocycles. The van der Waals surface area contributed by atoms with Crippen molar-refractivity contribution >= 4 is 5.97 Å². The van der Waals surface area contributed by atoms with Crippen molar-refractivity contribution in [1.82, 2.24) is 4.73 Å². The van der Waals surface area contributed by atoms with Crippen LogP contribution < -0.4 is 4.84 Å². The highest BCUT2D eigenvalue weighted by atomic mass is 16.7. The van der Waals surface area contributed by atoms with Crippen molar-refractivity contribution in [1.29, 1.82) is 0 Å². The van der Waals surface area contributed by atoms with Gasteiger partial charge in [-0.15, -0.1) is 0 Å². The second kappa shape index (κ2) is 5.41. The number of carbonyl (C=O) groups is 1. The van der Waals surface area contributed by atoms with E-state index in [1.54, 1.807) is 12.4 Å². The summed E-state index contributed by atoms with van der Waals surface area (Å²) < 4.78 is 1.42. The molecule has 72 valence electrons. The molecule has 1 heterocycles. The van der Waals surface area contributed by atoms with Gasteiger partial charge in [0.1, 0.15) is 0 Å². The summed E-state index contributed by atoms with van der Waals surface area (Å²) in [4.78, 5) is 16.1. The van der Waals surface area contributed by atoms with Crippen molar-refractivity contribution < 1.29 is 9.63 Å². The van der Waals surface area contributed by atoms with Gasteiger partial charge in [-0.25, -0.2) is 4.79 Å². The third-order valence-electron chi connectivity index (χ3n) is 1.77. The third kappa shape index (κ3) is 3.78. The highest BCUT2D eigenvalue weighted by Crippen LogP contribution is 1.99. The summed E-state index contributed by atoms with van der Waals surface area (Å²) in [6.07, 6.45) is 7.04. The Kier molecular flexibility index (Phi) is 4.09. The van der Waals surface area contributed by atoms with Crippen LogP contribution in [-0.4, -0.2) is 10.7 Å². The summed E-state index contributed by atoms with van der Waals surface area (Å²) in [6, 6.07) is 3.64. The predicted molar refractivity (Wildman–Crippen MR) is 50.2 cm³/mol. The Balaban J connectivity index is 2.18. The fourth-order valence-corrected chi connectivity index (χ4v) is 1.06. The summed E-state index contributed by atoms with van der Waals surface area (Å²) in [5.74, 6) is -0.162. The lowest BCUT2D eigenvalue weighted by Gasteiger charge is -2.02. The highest BCUT2D eigenvalue weighted by Gasteiger charge is 2.02. The van der Waals surface area contributed by atoms with E-state index in [4.69, 9.17) is 4.84 Å². The molecule has 3 nitrogen and oxygen atoms in total. The van der Waals surface area contributed by atoms with E-state index < -0.39 is 0 Å². The van der Waals surface area contributed by atoms with Gasteiger partial charge in [-0.05, 0) is 18.6 Å². The van der Waals surface area contributed by atoms with E-state index in [1.807, 2.05) is 12.1 Å². The van der Waals surface area contributed by atoms with Crippen molar-refractivity contribution in [2.24, 2.45) is 0 Å². The summed E-state index contributed by atoms with van der Waals surface area (Å²) >= 11 is 0. The van der Waals surface area contributed by atoms with Gasteiger partial charge >= 0.3 is 5.97 Å². The van der Waals surface area contributed by atoms with Gasteiger partial charge in [0.15, 0.2) is 0 Å². The molecule has 0 aliphatic carbocycles. The molecule has 3 heteroatoms. The van der Waals surface area contributed by atoms with Crippen LogP contribution in [0, 0.1) is 0 Å². The highest BCUT2D eigenvalue weighted by molar-refractivity contribution is 5.69. The monoisotopic (exact) mass is 181 g/mol. The molecule has 13 heavy (non-hydrogen) atoms. The molecule has 1 rings (SSSR count). The number of rotatable bonds is 5. The first-order chi connectivity index (χ1) is 6.33. The van der Waals surface area contributed by atoms with Crippen molar-refractivity contribution in [3.05, 3.63) is 24.5 Å². The van der Waals surface area contributed by atoms with Crippen LogP contribution in [0.15, 0.2) is 24.5 Å². The Bertz CT molecular complexity index is 241. The smallest absolute Gasteiger partial charge is 0.332 e. The first kappa shape index (κ1) is 9.84. The fourth-order valence-electron chi connectivity index (χ4n) is 1.06. The molecule has 0 saturated heterocycles. The Morgan fingerprint density at radius 1 is 1.31 bits per heavy atom. The van der Waals surface area contributed by atoms with Gasteiger partial charge in [0.05, 0.1) is 0 Å². The van der Waals surface area contributed by atoms with Gasteiger partial charge in [0, 0.05) is 18.8 Å². The summed E-state index contributed by atoms with van der Waals surface area (Å²) in [6.45, 7) is 2.11. The lowest BCUT2D eigenvalue weighted by atomic mass is 10.2. The topological polar surface area (TPSA) is 31.2 Å². The molecule has 0 unspecified atom stereocenters. The van der Waals surface area contributed by atoms with Gasteiger partial charge < -0.3 is 4.84 Å². The molecule has 0 bridgehead atoms. The number of unbranched alkanes of at least 4 members (excludes halogenated alkanes) is 2. The maximum atomic E-state index is 11.1. The molecule has 0 aromatic carbocycles. The molecule has 0 spiro atoms. The summed E-state index contributed by atoms with van der Waals surface area (Å²) in [7, 11) is 0. The van der Waals surface area contributed by atoms with E-state index in [-0.39, 0.29) is 5.97 Å². The number of hydrogen-bond donors (Lipinski definition) is 0. The Hall–Kier alpha value is -1.25. The minimum Gasteiger partial charge on any atom is -0.337 e. The summed E-state index contributed by atoms with van der Waals surface area (Å²) in [5.41, 5.74) is 0. The van der Waals surface area contributed by atoms with Crippen molar-refractivity contribution in [2.75, 3.05) is 0 Å². The van der Waals surface area contributed by atoms with E-state index in [1.165, 1.54) is 4.73 Å². The molecule has 0 N–H and O–H groups in total. The lowest BCUT2D eigenvalue weighted by molar-refractivity contribution is -0.144. The first-order valence-corrected chi connectivity index (χ1v) is 4.67. The van der Waals surface area contributed by atoms with Crippen LogP contribution in [0.4, 0.5) is 0 Å². The van der Waals surface area contributed by atoms with Gasteiger partial charge in [0.25, 0.3) is 0 Å². The van der Waals surface area contributed by atoms with Crippen LogP contribution in [0.3, 0.4) is 0 Å². The molecule has 0 amide bonds. The largest absolute Gasteiger partial charge is 0.337 e. The molecule has 1 aromatic rings. The molecule has 0 fully saturated rings. The van der Waals surface area contributed by atoms with Gasteiger partial charge in [-0.2, -0.15) is 4.73 Å². The zero-order valence-corrected chi connectivity index (χ0v) is 7.90. The average molecular weight is 181 g/mol. The number of nitrogens with zero attached hydrogens (tertiary/aromatic N) is 1. The predicted octanol–water partition coefficient (Wildman–Crippen LogP) is 2.02. The zero-order valence-electron chi connectivity index (χ0n) is 7.90. The summed E-state index contributed by atoms with van der Waals surface area (Å²) in [5, 5.41) is 0. The maximum absolute atomic E-state index is 11.1. The number of carbonyl (C=O) groups excluding carboxylic acids is 1. The SMILES string of the molecule is CCCCCC(=O)On1cccc1. The van der Waals surface area contributed by atoms with E-state index in [0.717, 1.165) is 19.3 Å². The average Bonchev–Trinajstić information content (AvgIpc) is 2.57. The molecule has 0 aliphatic heterocycles. The zero-order chi connectivity index (χ0) is 9.52. The van der Waals surface area contributed by atoms with E-state index in [9.17, 15) is 4.79 Å². The van der Waals surface area contributed by atoms with Crippen molar-refractivity contribution in [3.8, 4) is 0 Å². The Morgan fingerprint density at radius 3 is 2.62 bits per heavy atom. The minimum absolute atomic E-state index is 0.162. The number of aromatic nitrogens is 1. The Labute approximate surface area is 78.3 Å². The third-order valence-corrected chi connectivity index (χ3v) is 1.77. The standard InChI is InChI=1S/C10H15NO2/c1-2-3-4-7-10(12)13-11-8-5-6-9-11/h5-6,8-9H,2-4,7H2,1H3. The number of hydrogen-bond acceptors (Lipinski definition) is 2. The van der Waals surface area contributed by atoms with Crippen molar-refractivity contribution in [2.45, 2.75) is 32.6 Å². The van der Waals surface area contributed by atoms with Gasteiger partial charge in [-0.1, -0.05) is 19.8 Å². The van der Waals surface area contributed by atoms with Crippen LogP contribution >= 0.6 is 0 Å². The van der Waals surface area contributed by atoms with Crippen LogP contribution in [0.2, 0.25) is 0 Å². The fraction of sp³-hybridized carbons (Fsp3) is 0.500. The second-order valence-corrected chi connectivity index (χ2v) is 2.96. The molecule has 0 radical (unpaired) electrons. The molecular weight excluding hydrogens is 166 g/mol. The molecule has 0 atom stereocenters. The lowest BCUT2D eigenvalue weighted by Crippen LogP contribution is -2.17. The maximum Gasteiger partial charge on any atom is 0.332 e. The molecular formula is C10H15NO2. The van der Waals surface area contributed by atoms with Crippen molar-refractivity contribution in [3.63, 3.8) is 0 Å². The van der Waals surface area contributed by atoms with E-state index in [0.29, 0.717) is 6.42 Å². The normalized spacial score (nSPS) is 9.92. The Morgan fingerprint density at radius 2 is 2.00 bits per heavy atom. The van der Waals surface area contributed by atoms with Crippen LogP contribution in [0.25, 0.3) is 0 Å². The quantitative estimate of drug-likeness (QED) is 0.651. The second-order valence-electron chi connectivity index (χ2n) is 2.96. The minimum atomic E-state index is -0.162. The van der Waals surface area contributed by atoms with E-state index in [2.05, 4.69) is 6.92 Å². The van der Waals surface area contributed by atoms with E-state index >= 15 is 0 Å². The van der Waals surface area contributed by atoms with Gasteiger partial charge in [-0.3, -0.25) is 0 Å². The van der Waals surface area contributed by atoms with Crippen LogP contribution in [0.5, 0.6) is 0 Å². The van der Waals surface area contributed by atoms with Gasteiger partial charge in [0.2, 0.25) is 0 Å². The van der Waals surface area contributed by atoms with Crippen LogP contribution in [-0.2, 0) is 4.79 Å². The molecule has 0 saturated carbocycles. The first-order valence-electron chi connectivity index (χ1n) is 4.67.